The van der Waals surface area contributed by atoms with Gasteiger partial charge in [-0.25, -0.2) is 19.9 Å². The van der Waals surface area contributed by atoms with Crippen molar-refractivity contribution in [2.75, 3.05) is 0 Å². The predicted octanol–water partition coefficient (Wildman–Crippen LogP) is 13.8. The van der Waals surface area contributed by atoms with Crippen LogP contribution in [0.1, 0.15) is 25.0 Å². The van der Waals surface area contributed by atoms with Crippen LogP contribution in [0.15, 0.2) is 192 Å². The third-order valence-corrected chi connectivity index (χ3v) is 12.3. The minimum atomic E-state index is -0.330. The van der Waals surface area contributed by atoms with Gasteiger partial charge >= 0.3 is 0 Å². The highest BCUT2D eigenvalue weighted by Crippen LogP contribution is 2.52. The van der Waals surface area contributed by atoms with Crippen molar-refractivity contribution < 1.29 is 4.42 Å². The second kappa shape index (κ2) is 13.5. The molecule has 11 aromatic rings. The van der Waals surface area contributed by atoms with Gasteiger partial charge in [-0.3, -0.25) is 0 Å². The molecule has 12 rings (SSSR count). The van der Waals surface area contributed by atoms with E-state index in [0.29, 0.717) is 23.4 Å². The maximum absolute atomic E-state index is 6.36. The molecule has 0 N–H and O–H groups in total. The van der Waals surface area contributed by atoms with Gasteiger partial charge in [-0.1, -0.05) is 141 Å². The molecule has 0 amide bonds. The average Bonchev–Trinajstić information content (AvgIpc) is 3.97. The SMILES string of the molecule is CC1(C)c2cc(-n3c4ccc(-c5ccccc5)cc4c4cc(-c5nc(-c6ccccc6)nc(-c6ccccc6)n5)ccc43)ccc2-c2ccc3oc(-c4ccccc4)nc3c21. The van der Waals surface area contributed by atoms with Crippen LogP contribution in [-0.4, -0.2) is 24.5 Å². The van der Waals surface area contributed by atoms with Gasteiger partial charge in [0.05, 0.1) is 11.0 Å². The molecule has 0 spiro atoms. The number of hydrogen-bond donors (Lipinski definition) is 0. The van der Waals surface area contributed by atoms with Gasteiger partial charge in [-0.15, -0.1) is 0 Å². The third kappa shape index (κ3) is 5.64. The van der Waals surface area contributed by atoms with Crippen molar-refractivity contribution in [3.63, 3.8) is 0 Å². The Morgan fingerprint density at radius 2 is 0.934 bits per heavy atom. The molecule has 6 nitrogen and oxygen atoms in total. The van der Waals surface area contributed by atoms with Crippen LogP contribution in [0.25, 0.3) is 106 Å². The van der Waals surface area contributed by atoms with E-state index in [0.717, 1.165) is 66.4 Å². The topological polar surface area (TPSA) is 69.6 Å². The number of rotatable bonds is 6. The second-order valence-corrected chi connectivity index (χ2v) is 16.3. The summed E-state index contributed by atoms with van der Waals surface area (Å²) >= 11 is 0. The number of oxazole rings is 1. The van der Waals surface area contributed by atoms with Crippen LogP contribution in [0.2, 0.25) is 0 Å². The summed E-state index contributed by atoms with van der Waals surface area (Å²) in [6.07, 6.45) is 0. The highest BCUT2D eigenvalue weighted by Gasteiger charge is 2.39. The van der Waals surface area contributed by atoms with Gasteiger partial charge in [-0.2, -0.15) is 0 Å². The molecule has 0 unspecified atom stereocenters. The normalized spacial score (nSPS) is 12.9. The van der Waals surface area contributed by atoms with Gasteiger partial charge < -0.3 is 8.98 Å². The maximum atomic E-state index is 6.36. The molecule has 6 heteroatoms. The van der Waals surface area contributed by atoms with Crippen molar-refractivity contribution in [2.24, 2.45) is 0 Å². The summed E-state index contributed by atoms with van der Waals surface area (Å²) in [7, 11) is 0. The molecule has 0 saturated carbocycles. The first kappa shape index (κ1) is 35.0. The second-order valence-electron chi connectivity index (χ2n) is 16.3. The van der Waals surface area contributed by atoms with Gasteiger partial charge in [0.1, 0.15) is 5.52 Å². The lowest BCUT2D eigenvalue weighted by molar-refractivity contribution is 0.619. The fraction of sp³-hybridized carbons (Fsp3) is 0.0545. The Hall–Kier alpha value is -7.96. The lowest BCUT2D eigenvalue weighted by Gasteiger charge is -2.22. The van der Waals surface area contributed by atoms with Gasteiger partial charge in [0.15, 0.2) is 23.1 Å². The molecule has 1 aliphatic carbocycles. The van der Waals surface area contributed by atoms with Crippen molar-refractivity contribution in [1.82, 2.24) is 24.5 Å². The molecule has 0 radical (unpaired) electrons. The molecule has 1 aliphatic rings. The van der Waals surface area contributed by atoms with Gasteiger partial charge in [0.2, 0.25) is 5.89 Å². The first-order valence-electron chi connectivity index (χ1n) is 20.6. The zero-order valence-electron chi connectivity index (χ0n) is 33.5. The zero-order chi connectivity index (χ0) is 40.7. The van der Waals surface area contributed by atoms with Crippen LogP contribution in [0.3, 0.4) is 0 Å². The van der Waals surface area contributed by atoms with Crippen molar-refractivity contribution in [3.8, 4) is 73.6 Å². The van der Waals surface area contributed by atoms with Gasteiger partial charge in [0.25, 0.3) is 0 Å². The molecule has 61 heavy (non-hydrogen) atoms. The molecule has 288 valence electrons. The minimum absolute atomic E-state index is 0.330. The summed E-state index contributed by atoms with van der Waals surface area (Å²) in [5.41, 5.74) is 15.7. The Morgan fingerprint density at radius 3 is 1.54 bits per heavy atom. The summed E-state index contributed by atoms with van der Waals surface area (Å²) in [6, 6.07) is 65.6. The van der Waals surface area contributed by atoms with Gasteiger partial charge in [0, 0.05) is 44.1 Å². The van der Waals surface area contributed by atoms with E-state index in [1.54, 1.807) is 0 Å². The fourth-order valence-corrected chi connectivity index (χ4v) is 9.30. The first-order valence-corrected chi connectivity index (χ1v) is 20.6. The maximum Gasteiger partial charge on any atom is 0.227 e. The van der Waals surface area contributed by atoms with Crippen LogP contribution in [-0.2, 0) is 5.41 Å². The Morgan fingerprint density at radius 1 is 0.426 bits per heavy atom. The highest BCUT2D eigenvalue weighted by atomic mass is 16.3. The van der Waals surface area contributed by atoms with Gasteiger partial charge in [-0.05, 0) is 94.0 Å². The molecule has 8 aromatic carbocycles. The monoisotopic (exact) mass is 783 g/mol. The van der Waals surface area contributed by atoms with E-state index in [4.69, 9.17) is 24.4 Å². The summed E-state index contributed by atoms with van der Waals surface area (Å²) in [6.45, 7) is 4.62. The highest BCUT2D eigenvalue weighted by molar-refractivity contribution is 6.11. The molecule has 0 bridgehead atoms. The van der Waals surface area contributed by atoms with E-state index < -0.39 is 0 Å². The van der Waals surface area contributed by atoms with E-state index in [9.17, 15) is 0 Å². The summed E-state index contributed by atoms with van der Waals surface area (Å²) < 4.78 is 8.77. The lowest BCUT2D eigenvalue weighted by atomic mass is 9.81. The molecule has 0 atom stereocenters. The molecular weight excluding hydrogens is 747 g/mol. The van der Waals surface area contributed by atoms with Crippen LogP contribution in [0, 0.1) is 0 Å². The Bertz CT molecular complexity index is 3420. The lowest BCUT2D eigenvalue weighted by Crippen LogP contribution is -2.16. The number of nitrogens with zero attached hydrogens (tertiary/aromatic N) is 5. The fourth-order valence-electron chi connectivity index (χ4n) is 9.30. The average molecular weight is 784 g/mol. The standard InChI is InChI=1S/C55H37N5O/c1-55(2)45-33-40(25-26-41(45)42-27-30-48-50(49(42)55)56-54(61-48)37-21-13-6-14-22-37)60-46-28-23-38(34-15-7-3-8-16-34)31-43(46)44-32-39(24-29-47(44)60)53-58-51(35-17-9-4-10-18-35)57-52(59-53)36-19-11-5-12-20-36/h3-33H,1-2H3. The smallest absolute Gasteiger partial charge is 0.227 e. The Balaban J connectivity index is 1.04. The van der Waals surface area contributed by atoms with Crippen molar-refractivity contribution in [2.45, 2.75) is 19.3 Å². The predicted molar refractivity (Wildman–Crippen MR) is 246 cm³/mol. The molecule has 0 fully saturated rings. The largest absolute Gasteiger partial charge is 0.436 e. The first-order chi connectivity index (χ1) is 30.0. The Labute approximate surface area is 352 Å². The van der Waals surface area contributed by atoms with Crippen molar-refractivity contribution in [3.05, 3.63) is 199 Å². The van der Waals surface area contributed by atoms with E-state index in [2.05, 4.69) is 115 Å². The molecular formula is C55H37N5O. The summed E-state index contributed by atoms with van der Waals surface area (Å²) in [5, 5.41) is 2.27. The van der Waals surface area contributed by atoms with E-state index in [1.165, 1.54) is 27.8 Å². The van der Waals surface area contributed by atoms with Crippen LogP contribution in [0.5, 0.6) is 0 Å². The minimum Gasteiger partial charge on any atom is -0.436 e. The quantitative estimate of drug-likeness (QED) is 0.168. The molecule has 0 saturated heterocycles. The van der Waals surface area contributed by atoms with Crippen LogP contribution in [0.4, 0.5) is 0 Å². The van der Waals surface area contributed by atoms with E-state index in [-0.39, 0.29) is 5.41 Å². The van der Waals surface area contributed by atoms with Crippen LogP contribution >= 0.6 is 0 Å². The van der Waals surface area contributed by atoms with E-state index in [1.807, 2.05) is 91.0 Å². The van der Waals surface area contributed by atoms with Crippen LogP contribution < -0.4 is 0 Å². The summed E-state index contributed by atoms with van der Waals surface area (Å²) in [5.74, 6) is 2.54. The zero-order valence-corrected chi connectivity index (χ0v) is 33.5. The number of hydrogen-bond acceptors (Lipinski definition) is 5. The number of fused-ring (bicyclic) bond motifs is 8. The molecule has 0 aliphatic heterocycles. The van der Waals surface area contributed by atoms with Crippen molar-refractivity contribution >= 4 is 32.9 Å². The Kier molecular flexibility index (Phi) is 7.78. The summed E-state index contributed by atoms with van der Waals surface area (Å²) in [4.78, 5) is 20.2. The number of benzene rings is 8. The van der Waals surface area contributed by atoms with E-state index >= 15 is 0 Å². The molecule has 3 heterocycles. The molecule has 3 aromatic heterocycles. The third-order valence-electron chi connectivity index (χ3n) is 12.3. The number of aromatic nitrogens is 5. The van der Waals surface area contributed by atoms with Crippen molar-refractivity contribution in [1.29, 1.82) is 0 Å².